The zero-order chi connectivity index (χ0) is 18.4. The number of aldehydes is 1. The van der Waals surface area contributed by atoms with Gasteiger partial charge in [-0.1, -0.05) is 0 Å². The van der Waals surface area contributed by atoms with Gasteiger partial charge < -0.3 is 28.5 Å². The highest BCUT2D eigenvalue weighted by atomic mass is 16.6. The fourth-order valence-corrected chi connectivity index (χ4v) is 6.87. The van der Waals surface area contributed by atoms with Gasteiger partial charge >= 0.3 is 0 Å². The quantitative estimate of drug-likeness (QED) is 0.683. The lowest BCUT2D eigenvalue weighted by molar-refractivity contribution is -0.314. The maximum atomic E-state index is 12.5. The van der Waals surface area contributed by atoms with Crippen molar-refractivity contribution in [1.82, 2.24) is 0 Å². The Morgan fingerprint density at radius 2 is 1.33 bits per heavy atom. The minimum atomic E-state index is -0.939. The van der Waals surface area contributed by atoms with E-state index in [1.807, 2.05) is 0 Å². The molecule has 6 nitrogen and oxygen atoms in total. The number of ether oxygens (including phenoxy) is 5. The van der Waals surface area contributed by atoms with Crippen LogP contribution in [0.5, 0.6) is 0 Å². The molecule has 5 saturated heterocycles. The number of rotatable bonds is 5. The van der Waals surface area contributed by atoms with Gasteiger partial charge in [0.2, 0.25) is 0 Å². The van der Waals surface area contributed by atoms with E-state index in [0.29, 0.717) is 26.2 Å². The molecule has 6 heteroatoms. The van der Waals surface area contributed by atoms with Gasteiger partial charge in [-0.2, -0.15) is 0 Å². The first-order chi connectivity index (χ1) is 13.2. The molecule has 0 spiro atoms. The maximum absolute atomic E-state index is 12.5. The Morgan fingerprint density at radius 1 is 0.667 bits per heavy atom. The molecule has 0 aromatic rings. The SMILES string of the molecule is O=C[C@@]1([C@@]2([C@@]3([C@@]4([C@@H]5CCCO5)CCCO4)CCCO3)CCCO2)CCCO1. The van der Waals surface area contributed by atoms with Crippen LogP contribution in [0.2, 0.25) is 0 Å². The Labute approximate surface area is 161 Å². The van der Waals surface area contributed by atoms with Crippen LogP contribution in [0.25, 0.3) is 0 Å². The Kier molecular flexibility index (Phi) is 4.64. The topological polar surface area (TPSA) is 63.2 Å². The van der Waals surface area contributed by atoms with Gasteiger partial charge in [-0.15, -0.1) is 0 Å². The van der Waals surface area contributed by atoms with Crippen molar-refractivity contribution in [2.75, 3.05) is 33.0 Å². The van der Waals surface area contributed by atoms with Gasteiger partial charge in [0.05, 0.1) is 6.10 Å². The van der Waals surface area contributed by atoms with Crippen LogP contribution in [0.1, 0.15) is 64.2 Å². The van der Waals surface area contributed by atoms with Crippen molar-refractivity contribution in [3.8, 4) is 0 Å². The van der Waals surface area contributed by atoms with E-state index in [2.05, 4.69) is 0 Å². The monoisotopic (exact) mass is 380 g/mol. The van der Waals surface area contributed by atoms with Gasteiger partial charge in [-0.05, 0) is 64.2 Å². The highest BCUT2D eigenvalue weighted by Crippen LogP contribution is 2.62. The third-order valence-corrected chi connectivity index (χ3v) is 7.81. The molecule has 0 unspecified atom stereocenters. The molecule has 0 saturated carbocycles. The summed E-state index contributed by atoms with van der Waals surface area (Å²) in [4.78, 5) is 12.5. The molecule has 0 aromatic carbocycles. The van der Waals surface area contributed by atoms with Crippen molar-refractivity contribution >= 4 is 6.29 Å². The second-order valence-corrected chi connectivity index (χ2v) is 8.86. The van der Waals surface area contributed by atoms with Crippen LogP contribution in [0.15, 0.2) is 0 Å². The van der Waals surface area contributed by atoms with Crippen molar-refractivity contribution in [3.63, 3.8) is 0 Å². The van der Waals surface area contributed by atoms with E-state index < -0.39 is 22.4 Å². The zero-order valence-electron chi connectivity index (χ0n) is 16.2. The summed E-state index contributed by atoms with van der Waals surface area (Å²) in [6, 6.07) is 0. The normalized spacial score (nSPS) is 50.6. The second kappa shape index (κ2) is 6.77. The average Bonchev–Trinajstić information content (AvgIpc) is 3.51. The average molecular weight is 380 g/mol. The summed E-state index contributed by atoms with van der Waals surface area (Å²) < 4.78 is 32.3. The molecule has 5 rings (SSSR count). The standard InChI is InChI=1S/C21H32O6/c22-16-18(7-2-12-24-18)20(9-4-14-26-20)21(10-5-15-27-21)19(8-3-13-25-19)17-6-1-11-23-17/h16-17H,1-15H2/t17-,18+,19-,20+,21-/m0/s1. The fourth-order valence-electron chi connectivity index (χ4n) is 6.87. The first-order valence-corrected chi connectivity index (χ1v) is 10.9. The zero-order valence-corrected chi connectivity index (χ0v) is 16.2. The molecule has 5 aliphatic rings. The summed E-state index contributed by atoms with van der Waals surface area (Å²) >= 11 is 0. The Bertz CT molecular complexity index is 545. The summed E-state index contributed by atoms with van der Waals surface area (Å²) in [6.07, 6.45) is 10.0. The van der Waals surface area contributed by atoms with E-state index in [4.69, 9.17) is 23.7 Å². The van der Waals surface area contributed by atoms with Crippen LogP contribution in [-0.2, 0) is 28.5 Å². The van der Waals surface area contributed by atoms with Crippen LogP contribution in [0.3, 0.4) is 0 Å². The van der Waals surface area contributed by atoms with Gasteiger partial charge in [0.1, 0.15) is 16.8 Å². The first kappa shape index (κ1) is 18.5. The van der Waals surface area contributed by atoms with Crippen LogP contribution < -0.4 is 0 Å². The van der Waals surface area contributed by atoms with Gasteiger partial charge in [0.15, 0.2) is 11.9 Å². The van der Waals surface area contributed by atoms with Crippen LogP contribution in [0.4, 0.5) is 0 Å². The molecule has 0 radical (unpaired) electrons. The maximum Gasteiger partial charge on any atom is 0.155 e. The summed E-state index contributed by atoms with van der Waals surface area (Å²) in [5, 5.41) is 0. The Balaban J connectivity index is 1.68. The van der Waals surface area contributed by atoms with Gasteiger partial charge in [-0.25, -0.2) is 0 Å². The third-order valence-electron chi connectivity index (χ3n) is 7.81. The Hall–Kier alpha value is -0.530. The largest absolute Gasteiger partial charge is 0.375 e. The molecule has 0 aromatic heterocycles. The molecule has 5 fully saturated rings. The molecule has 5 atom stereocenters. The van der Waals surface area contributed by atoms with Crippen molar-refractivity contribution in [3.05, 3.63) is 0 Å². The molecular formula is C21H32O6. The molecule has 27 heavy (non-hydrogen) atoms. The molecule has 0 amide bonds. The van der Waals surface area contributed by atoms with E-state index in [-0.39, 0.29) is 6.10 Å². The smallest absolute Gasteiger partial charge is 0.155 e. The number of hydrogen-bond acceptors (Lipinski definition) is 6. The third kappa shape index (κ3) is 2.28. The molecule has 0 bridgehead atoms. The van der Waals surface area contributed by atoms with Crippen LogP contribution in [0, 0.1) is 0 Å². The van der Waals surface area contributed by atoms with Crippen molar-refractivity contribution in [2.24, 2.45) is 0 Å². The summed E-state index contributed by atoms with van der Waals surface area (Å²) in [5.41, 5.74) is -2.96. The van der Waals surface area contributed by atoms with Crippen LogP contribution >= 0.6 is 0 Å². The van der Waals surface area contributed by atoms with E-state index in [1.54, 1.807) is 0 Å². The van der Waals surface area contributed by atoms with E-state index >= 15 is 0 Å². The predicted octanol–water partition coefficient (Wildman–Crippen LogP) is 2.56. The van der Waals surface area contributed by atoms with Gasteiger partial charge in [-0.3, -0.25) is 0 Å². The number of carbonyl (C=O) groups is 1. The van der Waals surface area contributed by atoms with Gasteiger partial charge in [0, 0.05) is 33.0 Å². The van der Waals surface area contributed by atoms with Crippen LogP contribution in [-0.4, -0.2) is 67.8 Å². The van der Waals surface area contributed by atoms with Crippen molar-refractivity contribution < 1.29 is 28.5 Å². The van der Waals surface area contributed by atoms with Gasteiger partial charge in [0.25, 0.3) is 0 Å². The Morgan fingerprint density at radius 3 is 1.85 bits per heavy atom. The minimum Gasteiger partial charge on any atom is -0.375 e. The van der Waals surface area contributed by atoms with Crippen molar-refractivity contribution in [2.45, 2.75) is 92.7 Å². The summed E-state index contributed by atoms with van der Waals surface area (Å²) in [6.45, 7) is 3.42. The lowest BCUT2D eigenvalue weighted by Crippen LogP contribution is -2.77. The highest BCUT2D eigenvalue weighted by Gasteiger charge is 2.77. The van der Waals surface area contributed by atoms with E-state index in [9.17, 15) is 4.79 Å². The molecule has 152 valence electrons. The summed E-state index contributed by atoms with van der Waals surface area (Å²) in [7, 11) is 0. The molecule has 0 N–H and O–H groups in total. The van der Waals surface area contributed by atoms with E-state index in [1.165, 1.54) is 0 Å². The molecule has 5 heterocycles. The lowest BCUT2D eigenvalue weighted by Gasteiger charge is -2.59. The molecular weight excluding hydrogens is 348 g/mol. The highest BCUT2D eigenvalue weighted by molar-refractivity contribution is 5.67. The fraction of sp³-hybridized carbons (Fsp3) is 0.952. The minimum absolute atomic E-state index is 0.00396. The predicted molar refractivity (Wildman–Crippen MR) is 96.7 cm³/mol. The first-order valence-electron chi connectivity index (χ1n) is 10.9. The second-order valence-electron chi connectivity index (χ2n) is 8.86. The lowest BCUT2D eigenvalue weighted by atomic mass is 9.58. The van der Waals surface area contributed by atoms with E-state index in [0.717, 1.165) is 77.3 Å². The molecule has 5 aliphatic heterocycles. The number of carbonyl (C=O) groups excluding carboxylic acids is 1. The summed E-state index contributed by atoms with van der Waals surface area (Å²) in [5.74, 6) is 0. The molecule has 0 aliphatic carbocycles. The number of hydrogen-bond donors (Lipinski definition) is 0. The van der Waals surface area contributed by atoms with Crippen molar-refractivity contribution in [1.29, 1.82) is 0 Å².